The lowest BCUT2D eigenvalue weighted by Gasteiger charge is -2.04. The lowest BCUT2D eigenvalue weighted by atomic mass is 10.3. The van der Waals surface area contributed by atoms with E-state index in [2.05, 4.69) is 32.9 Å². The van der Waals surface area contributed by atoms with Crippen LogP contribution >= 0.6 is 15.9 Å². The van der Waals surface area contributed by atoms with Crippen LogP contribution in [-0.4, -0.2) is 21.0 Å². The zero-order chi connectivity index (χ0) is 14.6. The molecule has 0 radical (unpaired) electrons. The predicted octanol–water partition coefficient (Wildman–Crippen LogP) is 2.76. The second kappa shape index (κ2) is 7.06. The smallest absolute Gasteiger partial charge is 0.244 e. The Kier molecular flexibility index (Phi) is 5.65. The van der Waals surface area contributed by atoms with Gasteiger partial charge < -0.3 is 9.73 Å². The van der Waals surface area contributed by atoms with Gasteiger partial charge in [0, 0.05) is 18.7 Å². The van der Waals surface area contributed by atoms with E-state index in [4.69, 9.17) is 4.42 Å². The van der Waals surface area contributed by atoms with E-state index in [0.29, 0.717) is 24.9 Å². The Labute approximate surface area is 128 Å². The first-order chi connectivity index (χ1) is 9.53. The van der Waals surface area contributed by atoms with Crippen LogP contribution in [0.4, 0.5) is 0 Å². The van der Waals surface area contributed by atoms with Crippen LogP contribution in [0.5, 0.6) is 0 Å². The number of furan rings is 1. The van der Waals surface area contributed by atoms with Crippen molar-refractivity contribution in [2.45, 2.75) is 56.5 Å². The summed E-state index contributed by atoms with van der Waals surface area (Å²) >= 11 is 3.18. The molecule has 2 rings (SSSR count). The summed E-state index contributed by atoms with van der Waals surface area (Å²) in [6.07, 6.45) is 5.30. The molecule has 1 fully saturated rings. The van der Waals surface area contributed by atoms with Crippen molar-refractivity contribution in [3.63, 3.8) is 0 Å². The van der Waals surface area contributed by atoms with E-state index in [9.17, 15) is 8.42 Å². The fourth-order valence-corrected chi connectivity index (χ4v) is 3.93. The summed E-state index contributed by atoms with van der Waals surface area (Å²) in [5.74, 6) is 0.637. The molecule has 1 aromatic rings. The van der Waals surface area contributed by atoms with Gasteiger partial charge in [-0.3, -0.25) is 0 Å². The van der Waals surface area contributed by atoms with Crippen molar-refractivity contribution >= 4 is 26.0 Å². The highest BCUT2D eigenvalue weighted by molar-refractivity contribution is 9.10. The Bertz CT molecular complexity index is 538. The topological polar surface area (TPSA) is 71.3 Å². The summed E-state index contributed by atoms with van der Waals surface area (Å²) in [5.41, 5.74) is 0. The SMILES string of the molecule is CCCCCNS(=O)(=O)c1cc(CNC2CC2)oc1Br. The van der Waals surface area contributed by atoms with Crippen molar-refractivity contribution in [1.82, 2.24) is 10.0 Å². The zero-order valence-corrected chi connectivity index (χ0v) is 14.0. The molecule has 0 unspecified atom stereocenters. The second-order valence-electron chi connectivity index (χ2n) is 5.11. The Hall–Kier alpha value is -0.370. The molecule has 114 valence electrons. The van der Waals surface area contributed by atoms with Crippen molar-refractivity contribution in [1.29, 1.82) is 0 Å². The minimum atomic E-state index is -3.49. The minimum Gasteiger partial charge on any atom is -0.452 e. The Balaban J connectivity index is 1.94. The number of hydrogen-bond donors (Lipinski definition) is 2. The second-order valence-corrected chi connectivity index (χ2v) is 7.57. The molecule has 0 aromatic carbocycles. The van der Waals surface area contributed by atoms with Crippen LogP contribution in [0.2, 0.25) is 0 Å². The van der Waals surface area contributed by atoms with Gasteiger partial charge in [-0.05, 0) is 35.2 Å². The van der Waals surface area contributed by atoms with Crippen LogP contribution in [0.25, 0.3) is 0 Å². The average Bonchev–Trinajstić information content (AvgIpc) is 3.15. The van der Waals surface area contributed by atoms with Crippen LogP contribution in [0.1, 0.15) is 44.8 Å². The molecular weight excluding hydrogens is 344 g/mol. The van der Waals surface area contributed by atoms with E-state index in [0.717, 1.165) is 19.3 Å². The molecule has 1 heterocycles. The molecule has 1 aromatic heterocycles. The Morgan fingerprint density at radius 3 is 2.80 bits per heavy atom. The molecule has 1 saturated carbocycles. The number of nitrogens with one attached hydrogen (secondary N) is 2. The van der Waals surface area contributed by atoms with E-state index in [1.54, 1.807) is 6.07 Å². The summed E-state index contributed by atoms with van der Waals surface area (Å²) in [6.45, 7) is 3.11. The quantitative estimate of drug-likeness (QED) is 0.660. The maximum Gasteiger partial charge on any atom is 0.244 e. The van der Waals surface area contributed by atoms with Crippen LogP contribution in [0.15, 0.2) is 20.0 Å². The first-order valence-corrected chi connectivity index (χ1v) is 9.32. The third-order valence-corrected chi connectivity index (χ3v) is 5.53. The maximum absolute atomic E-state index is 12.2. The molecule has 7 heteroatoms. The number of rotatable bonds is 9. The molecule has 0 atom stereocenters. The van der Waals surface area contributed by atoms with Crippen molar-refractivity contribution in [3.05, 3.63) is 16.5 Å². The highest BCUT2D eigenvalue weighted by Gasteiger charge is 2.24. The monoisotopic (exact) mass is 364 g/mol. The van der Waals surface area contributed by atoms with Gasteiger partial charge in [-0.25, -0.2) is 13.1 Å². The molecule has 0 bridgehead atoms. The molecule has 0 aliphatic heterocycles. The van der Waals surface area contributed by atoms with E-state index in [-0.39, 0.29) is 9.56 Å². The molecule has 5 nitrogen and oxygen atoms in total. The molecule has 1 aliphatic carbocycles. The van der Waals surface area contributed by atoms with Gasteiger partial charge in [-0.2, -0.15) is 0 Å². The predicted molar refractivity (Wildman–Crippen MR) is 81.0 cm³/mol. The maximum atomic E-state index is 12.2. The highest BCUT2D eigenvalue weighted by atomic mass is 79.9. The van der Waals surface area contributed by atoms with Gasteiger partial charge in [0.05, 0.1) is 6.54 Å². The largest absolute Gasteiger partial charge is 0.452 e. The summed E-state index contributed by atoms with van der Waals surface area (Å²) < 4.78 is 32.6. The van der Waals surface area contributed by atoms with Crippen LogP contribution < -0.4 is 10.0 Å². The van der Waals surface area contributed by atoms with E-state index < -0.39 is 10.0 Å². The average molecular weight is 365 g/mol. The van der Waals surface area contributed by atoms with E-state index >= 15 is 0 Å². The summed E-state index contributed by atoms with van der Waals surface area (Å²) in [4.78, 5) is 0.182. The first-order valence-electron chi connectivity index (χ1n) is 7.04. The molecule has 1 aliphatic rings. The number of halogens is 1. The molecule has 20 heavy (non-hydrogen) atoms. The van der Waals surface area contributed by atoms with Crippen LogP contribution in [0, 0.1) is 0 Å². The van der Waals surface area contributed by atoms with E-state index in [1.807, 2.05) is 0 Å². The van der Waals surface area contributed by atoms with Gasteiger partial charge in [-0.15, -0.1) is 0 Å². The van der Waals surface area contributed by atoms with E-state index in [1.165, 1.54) is 12.8 Å². The minimum absolute atomic E-state index is 0.182. The molecular formula is C13H21BrN2O3S. The summed E-state index contributed by atoms with van der Waals surface area (Å²) in [5, 5.41) is 3.29. The third-order valence-electron chi connectivity index (χ3n) is 3.21. The third kappa shape index (κ3) is 4.58. The van der Waals surface area contributed by atoms with Crippen LogP contribution in [-0.2, 0) is 16.6 Å². The summed E-state index contributed by atoms with van der Waals surface area (Å²) in [6, 6.07) is 2.15. The van der Waals surface area contributed by atoms with Crippen molar-refractivity contribution < 1.29 is 12.8 Å². The standard InChI is InChI=1S/C13H21BrN2O3S/c1-2-3-4-7-16-20(17,18)12-8-11(19-13(12)14)9-15-10-5-6-10/h8,10,15-16H,2-7,9H2,1H3. The van der Waals surface area contributed by atoms with Gasteiger partial charge in [0.15, 0.2) is 4.67 Å². The Morgan fingerprint density at radius 2 is 2.15 bits per heavy atom. The lowest BCUT2D eigenvalue weighted by molar-refractivity contribution is 0.460. The van der Waals surface area contributed by atoms with Gasteiger partial charge in [0.2, 0.25) is 10.0 Å². The fourth-order valence-electron chi connectivity index (χ4n) is 1.86. The molecule has 0 amide bonds. The van der Waals surface area contributed by atoms with Crippen LogP contribution in [0.3, 0.4) is 0 Å². The Morgan fingerprint density at radius 1 is 1.40 bits per heavy atom. The number of sulfonamides is 1. The summed E-state index contributed by atoms with van der Waals surface area (Å²) in [7, 11) is -3.49. The zero-order valence-electron chi connectivity index (χ0n) is 11.6. The molecule has 0 spiro atoms. The van der Waals surface area contributed by atoms with Crippen molar-refractivity contribution in [3.8, 4) is 0 Å². The normalized spacial score (nSPS) is 15.7. The number of unbranched alkanes of at least 4 members (excludes halogenated alkanes) is 2. The molecule has 2 N–H and O–H groups in total. The van der Waals surface area contributed by atoms with Crippen molar-refractivity contribution in [2.75, 3.05) is 6.54 Å². The van der Waals surface area contributed by atoms with Gasteiger partial charge in [-0.1, -0.05) is 19.8 Å². The van der Waals surface area contributed by atoms with Gasteiger partial charge >= 0.3 is 0 Å². The van der Waals surface area contributed by atoms with Gasteiger partial charge in [0.25, 0.3) is 0 Å². The van der Waals surface area contributed by atoms with Gasteiger partial charge in [0.1, 0.15) is 10.7 Å². The molecule has 0 saturated heterocycles. The number of hydrogen-bond acceptors (Lipinski definition) is 4. The van der Waals surface area contributed by atoms with Crippen molar-refractivity contribution in [2.24, 2.45) is 0 Å². The lowest BCUT2D eigenvalue weighted by Crippen LogP contribution is -2.24. The highest BCUT2D eigenvalue weighted by Crippen LogP contribution is 2.27. The fraction of sp³-hybridized carbons (Fsp3) is 0.692. The first kappa shape index (κ1) is 16.0.